The van der Waals surface area contributed by atoms with E-state index >= 15 is 0 Å². The van der Waals surface area contributed by atoms with Gasteiger partial charge in [-0.3, -0.25) is 4.79 Å². The molecule has 3 atom stereocenters. The number of piperidine rings is 1. The fourth-order valence-electron chi connectivity index (χ4n) is 3.36. The summed E-state index contributed by atoms with van der Waals surface area (Å²) in [5.41, 5.74) is 2.61. The molecule has 114 valence electrons. The first kappa shape index (κ1) is 14.5. The van der Waals surface area contributed by atoms with Crippen LogP contribution in [0.2, 0.25) is 0 Å². The number of likely N-dealkylation sites (tertiary alicyclic amines) is 1. The summed E-state index contributed by atoms with van der Waals surface area (Å²) in [4.78, 5) is 14.8. The van der Waals surface area contributed by atoms with E-state index in [1.807, 2.05) is 0 Å². The molecule has 0 bridgehead atoms. The van der Waals surface area contributed by atoms with Crippen molar-refractivity contribution >= 4 is 5.91 Å². The molecular weight excluding hydrogens is 262 g/mol. The third-order valence-corrected chi connectivity index (χ3v) is 4.95. The number of hydrogen-bond donors (Lipinski definition) is 2. The monoisotopic (exact) mass is 287 g/mol. The molecule has 0 radical (unpaired) electrons. The van der Waals surface area contributed by atoms with Crippen LogP contribution in [0.4, 0.5) is 0 Å². The Hall–Kier alpha value is -1.39. The maximum atomic E-state index is 12.5. The molecule has 1 amide bonds. The van der Waals surface area contributed by atoms with Crippen molar-refractivity contribution in [3.05, 3.63) is 35.4 Å². The van der Waals surface area contributed by atoms with Crippen LogP contribution in [0.15, 0.2) is 24.3 Å². The standard InChI is InChI=1S/C17H25N3O/c1-12-9-15(7-8-20(12)2)19-17(21)16-10-13-5-3-4-6-14(13)11-18-16/h3-6,12,15-16,18H,7-11H2,1-2H3,(H,19,21)/t12?,15?,16-/m1/s1. The molecule has 4 nitrogen and oxygen atoms in total. The van der Waals surface area contributed by atoms with Crippen molar-refractivity contribution < 1.29 is 4.79 Å². The minimum atomic E-state index is -0.0881. The van der Waals surface area contributed by atoms with Gasteiger partial charge in [-0.2, -0.15) is 0 Å². The Morgan fingerprint density at radius 3 is 2.86 bits per heavy atom. The first-order chi connectivity index (χ1) is 10.1. The Morgan fingerprint density at radius 2 is 2.10 bits per heavy atom. The molecule has 2 unspecified atom stereocenters. The van der Waals surface area contributed by atoms with Gasteiger partial charge in [-0.1, -0.05) is 24.3 Å². The van der Waals surface area contributed by atoms with Crippen molar-refractivity contribution in [2.24, 2.45) is 0 Å². The number of amides is 1. The van der Waals surface area contributed by atoms with Gasteiger partial charge in [0.25, 0.3) is 0 Å². The molecule has 4 heteroatoms. The number of carbonyl (C=O) groups excluding carboxylic acids is 1. The average Bonchev–Trinajstić information content (AvgIpc) is 2.50. The highest BCUT2D eigenvalue weighted by Crippen LogP contribution is 2.18. The molecular formula is C17H25N3O. The van der Waals surface area contributed by atoms with Gasteiger partial charge in [0.1, 0.15) is 0 Å². The molecule has 2 aliphatic heterocycles. The third kappa shape index (κ3) is 3.27. The Bertz CT molecular complexity index is 517. The zero-order valence-corrected chi connectivity index (χ0v) is 12.9. The van der Waals surface area contributed by atoms with E-state index < -0.39 is 0 Å². The van der Waals surface area contributed by atoms with Gasteiger partial charge in [-0.15, -0.1) is 0 Å². The van der Waals surface area contributed by atoms with Crippen LogP contribution in [0.1, 0.15) is 30.9 Å². The predicted molar refractivity (Wildman–Crippen MR) is 84.0 cm³/mol. The third-order valence-electron chi connectivity index (χ3n) is 4.95. The minimum Gasteiger partial charge on any atom is -0.352 e. The molecule has 1 fully saturated rings. The largest absolute Gasteiger partial charge is 0.352 e. The highest BCUT2D eigenvalue weighted by Gasteiger charge is 2.28. The number of carbonyl (C=O) groups is 1. The molecule has 0 aromatic heterocycles. The fraction of sp³-hybridized carbons (Fsp3) is 0.588. The molecule has 1 aromatic rings. The highest BCUT2D eigenvalue weighted by molar-refractivity contribution is 5.82. The van der Waals surface area contributed by atoms with Crippen molar-refractivity contribution in [3.8, 4) is 0 Å². The van der Waals surface area contributed by atoms with Crippen molar-refractivity contribution in [2.45, 2.75) is 50.9 Å². The lowest BCUT2D eigenvalue weighted by Crippen LogP contribution is -2.53. The second-order valence-electron chi connectivity index (χ2n) is 6.47. The molecule has 0 aliphatic carbocycles. The van der Waals surface area contributed by atoms with E-state index in [1.165, 1.54) is 11.1 Å². The van der Waals surface area contributed by atoms with Gasteiger partial charge in [-0.05, 0) is 44.4 Å². The van der Waals surface area contributed by atoms with Crippen molar-refractivity contribution in [1.82, 2.24) is 15.5 Å². The van der Waals surface area contributed by atoms with Crippen molar-refractivity contribution in [2.75, 3.05) is 13.6 Å². The molecule has 1 aromatic carbocycles. The summed E-state index contributed by atoms with van der Waals surface area (Å²) in [6, 6.07) is 9.16. The topological polar surface area (TPSA) is 44.4 Å². The van der Waals surface area contributed by atoms with Crippen LogP contribution in [0.3, 0.4) is 0 Å². The zero-order chi connectivity index (χ0) is 14.8. The number of nitrogens with zero attached hydrogens (tertiary/aromatic N) is 1. The molecule has 2 heterocycles. The predicted octanol–water partition coefficient (Wildman–Crippen LogP) is 1.30. The number of fused-ring (bicyclic) bond motifs is 1. The summed E-state index contributed by atoms with van der Waals surface area (Å²) in [6.45, 7) is 4.08. The van der Waals surface area contributed by atoms with Crippen LogP contribution in [-0.4, -0.2) is 42.5 Å². The lowest BCUT2D eigenvalue weighted by Gasteiger charge is -2.36. The Kier molecular flexibility index (Phi) is 4.27. The summed E-state index contributed by atoms with van der Waals surface area (Å²) in [7, 11) is 2.16. The molecule has 2 N–H and O–H groups in total. The van der Waals surface area contributed by atoms with E-state index in [4.69, 9.17) is 0 Å². The van der Waals surface area contributed by atoms with Crippen LogP contribution in [0.5, 0.6) is 0 Å². The van der Waals surface area contributed by atoms with Gasteiger partial charge in [0.05, 0.1) is 6.04 Å². The van der Waals surface area contributed by atoms with Crippen LogP contribution < -0.4 is 10.6 Å². The molecule has 21 heavy (non-hydrogen) atoms. The van der Waals surface area contributed by atoms with Gasteiger partial charge in [0.15, 0.2) is 0 Å². The van der Waals surface area contributed by atoms with Crippen molar-refractivity contribution in [3.63, 3.8) is 0 Å². The van der Waals surface area contributed by atoms with Gasteiger partial charge in [0.2, 0.25) is 5.91 Å². The van der Waals surface area contributed by atoms with Crippen LogP contribution in [0, 0.1) is 0 Å². The number of nitrogens with one attached hydrogen (secondary N) is 2. The van der Waals surface area contributed by atoms with Gasteiger partial charge >= 0.3 is 0 Å². The van der Waals surface area contributed by atoms with Crippen LogP contribution in [0.25, 0.3) is 0 Å². The second-order valence-corrected chi connectivity index (χ2v) is 6.47. The quantitative estimate of drug-likeness (QED) is 0.862. The smallest absolute Gasteiger partial charge is 0.237 e. The van der Waals surface area contributed by atoms with Gasteiger partial charge in [-0.25, -0.2) is 0 Å². The first-order valence-corrected chi connectivity index (χ1v) is 7.94. The summed E-state index contributed by atoms with van der Waals surface area (Å²) in [5, 5.41) is 6.60. The second kappa shape index (κ2) is 6.16. The number of benzene rings is 1. The molecule has 1 saturated heterocycles. The van der Waals surface area contributed by atoms with Crippen LogP contribution in [-0.2, 0) is 17.8 Å². The lowest BCUT2D eigenvalue weighted by molar-refractivity contribution is -0.124. The molecule has 0 saturated carbocycles. The minimum absolute atomic E-state index is 0.0881. The van der Waals surface area contributed by atoms with E-state index in [1.54, 1.807) is 0 Å². The van der Waals surface area contributed by atoms with Gasteiger partial charge in [0, 0.05) is 25.2 Å². The Morgan fingerprint density at radius 1 is 1.33 bits per heavy atom. The SMILES string of the molecule is CC1CC(NC(=O)[C@H]2Cc3ccccc3CN2)CCN1C. The number of hydrogen-bond acceptors (Lipinski definition) is 3. The Balaban J connectivity index is 1.57. The molecule has 3 rings (SSSR count). The van der Waals surface area contributed by atoms with E-state index in [-0.39, 0.29) is 11.9 Å². The Labute approximate surface area is 126 Å². The van der Waals surface area contributed by atoms with Gasteiger partial charge < -0.3 is 15.5 Å². The van der Waals surface area contributed by atoms with Crippen LogP contribution >= 0.6 is 0 Å². The first-order valence-electron chi connectivity index (χ1n) is 7.94. The zero-order valence-electron chi connectivity index (χ0n) is 12.9. The summed E-state index contributed by atoms with van der Waals surface area (Å²) >= 11 is 0. The summed E-state index contributed by atoms with van der Waals surface area (Å²) in [5.74, 6) is 0.159. The maximum absolute atomic E-state index is 12.5. The average molecular weight is 287 g/mol. The normalized spacial score (nSPS) is 29.7. The van der Waals surface area contributed by atoms with E-state index in [0.29, 0.717) is 12.1 Å². The number of rotatable bonds is 2. The lowest BCUT2D eigenvalue weighted by atomic mass is 9.94. The van der Waals surface area contributed by atoms with E-state index in [9.17, 15) is 4.79 Å². The maximum Gasteiger partial charge on any atom is 0.237 e. The van der Waals surface area contributed by atoms with Crippen molar-refractivity contribution in [1.29, 1.82) is 0 Å². The fourth-order valence-corrected chi connectivity index (χ4v) is 3.36. The van der Waals surface area contributed by atoms with E-state index in [0.717, 1.165) is 32.4 Å². The summed E-state index contributed by atoms with van der Waals surface area (Å²) < 4.78 is 0. The van der Waals surface area contributed by atoms with E-state index in [2.05, 4.69) is 53.8 Å². The molecule has 2 aliphatic rings. The highest BCUT2D eigenvalue weighted by atomic mass is 16.2. The summed E-state index contributed by atoms with van der Waals surface area (Å²) in [6.07, 6.45) is 2.89. The molecule has 0 spiro atoms.